The molecular weight excluding hydrogens is 249 g/mol. The highest BCUT2D eigenvalue weighted by Crippen LogP contribution is 2.34. The van der Waals surface area contributed by atoms with Gasteiger partial charge >= 0.3 is 0 Å². The molecule has 0 radical (unpaired) electrons. The highest BCUT2D eigenvalue weighted by molar-refractivity contribution is 5.97. The molecule has 1 fully saturated rings. The lowest BCUT2D eigenvalue weighted by Crippen LogP contribution is -2.37. The van der Waals surface area contributed by atoms with Gasteiger partial charge in [0.25, 0.3) is 5.91 Å². The van der Waals surface area contributed by atoms with Crippen molar-refractivity contribution in [1.29, 1.82) is 0 Å². The van der Waals surface area contributed by atoms with Gasteiger partial charge in [0.05, 0.1) is 12.7 Å². The molecule has 0 aromatic heterocycles. The number of rotatable bonds is 6. The Morgan fingerprint density at radius 1 is 1.58 bits per heavy atom. The van der Waals surface area contributed by atoms with Gasteiger partial charge in [0, 0.05) is 12.6 Å². The van der Waals surface area contributed by atoms with Crippen molar-refractivity contribution >= 4 is 5.91 Å². The van der Waals surface area contributed by atoms with Crippen molar-refractivity contribution in [3.05, 3.63) is 29.6 Å². The zero-order valence-electron chi connectivity index (χ0n) is 10.9. The Balaban J connectivity index is 2.11. The molecule has 19 heavy (non-hydrogen) atoms. The molecule has 0 aliphatic heterocycles. The van der Waals surface area contributed by atoms with Crippen LogP contribution in [0.3, 0.4) is 0 Å². The van der Waals surface area contributed by atoms with Crippen LogP contribution < -0.4 is 10.1 Å². The summed E-state index contributed by atoms with van der Waals surface area (Å²) >= 11 is 0. The van der Waals surface area contributed by atoms with Gasteiger partial charge in [-0.2, -0.15) is 0 Å². The first-order valence-corrected chi connectivity index (χ1v) is 6.41. The van der Waals surface area contributed by atoms with Gasteiger partial charge in [-0.15, -0.1) is 0 Å². The molecule has 2 rings (SSSR count). The lowest BCUT2D eigenvalue weighted by atomic mass is 10.1. The van der Waals surface area contributed by atoms with Gasteiger partial charge < -0.3 is 15.2 Å². The van der Waals surface area contributed by atoms with Gasteiger partial charge in [0.15, 0.2) is 0 Å². The molecule has 0 heterocycles. The van der Waals surface area contributed by atoms with Crippen LogP contribution in [0.15, 0.2) is 18.2 Å². The number of nitrogens with one attached hydrogen (secondary N) is 1. The highest BCUT2D eigenvalue weighted by Gasteiger charge is 2.32. The second-order valence-electron chi connectivity index (χ2n) is 4.77. The highest BCUT2D eigenvalue weighted by atomic mass is 19.1. The van der Waals surface area contributed by atoms with Crippen LogP contribution >= 0.6 is 0 Å². The summed E-state index contributed by atoms with van der Waals surface area (Å²) in [6.45, 7) is 0.0295. The summed E-state index contributed by atoms with van der Waals surface area (Å²) < 4.78 is 18.3. The zero-order chi connectivity index (χ0) is 13.8. The SMILES string of the molecule is COc1ccc(F)cc1C(=O)NC(CCO)C1CC1. The average molecular weight is 267 g/mol. The summed E-state index contributed by atoms with van der Waals surface area (Å²) in [5, 5.41) is 11.9. The van der Waals surface area contributed by atoms with Crippen LogP contribution in [-0.4, -0.2) is 30.8 Å². The van der Waals surface area contributed by atoms with E-state index >= 15 is 0 Å². The van der Waals surface area contributed by atoms with Crippen molar-refractivity contribution in [3.63, 3.8) is 0 Å². The smallest absolute Gasteiger partial charge is 0.255 e. The van der Waals surface area contributed by atoms with E-state index in [0.717, 1.165) is 18.9 Å². The molecule has 0 bridgehead atoms. The number of benzene rings is 1. The molecule has 1 aliphatic rings. The van der Waals surface area contributed by atoms with Gasteiger partial charge in [-0.3, -0.25) is 4.79 Å². The fraction of sp³-hybridized carbons (Fsp3) is 0.500. The fourth-order valence-corrected chi connectivity index (χ4v) is 2.17. The van der Waals surface area contributed by atoms with Crippen LogP contribution in [0.2, 0.25) is 0 Å². The molecule has 2 N–H and O–H groups in total. The number of carbonyl (C=O) groups is 1. The Morgan fingerprint density at radius 2 is 2.32 bits per heavy atom. The number of hydrogen-bond donors (Lipinski definition) is 2. The maximum Gasteiger partial charge on any atom is 0.255 e. The second kappa shape index (κ2) is 6.02. The largest absolute Gasteiger partial charge is 0.496 e. The standard InChI is InChI=1S/C14H18FNO3/c1-19-13-5-4-10(15)8-11(13)14(18)16-12(6-7-17)9-2-3-9/h4-5,8-9,12,17H,2-3,6-7H2,1H3,(H,16,18). The number of ether oxygens (including phenoxy) is 1. The van der Waals surface area contributed by atoms with Crippen LogP contribution in [0, 0.1) is 11.7 Å². The third-order valence-electron chi connectivity index (χ3n) is 3.35. The predicted octanol–water partition coefficient (Wildman–Crippen LogP) is 1.73. The Morgan fingerprint density at radius 3 is 2.89 bits per heavy atom. The number of aliphatic hydroxyl groups is 1. The summed E-state index contributed by atoms with van der Waals surface area (Å²) in [6.07, 6.45) is 2.64. The topological polar surface area (TPSA) is 58.6 Å². The van der Waals surface area contributed by atoms with Crippen LogP contribution in [0.25, 0.3) is 0 Å². The van der Waals surface area contributed by atoms with Crippen molar-refractivity contribution in [3.8, 4) is 5.75 Å². The summed E-state index contributed by atoms with van der Waals surface area (Å²) in [7, 11) is 1.44. The lowest BCUT2D eigenvalue weighted by molar-refractivity contribution is 0.0920. The lowest BCUT2D eigenvalue weighted by Gasteiger charge is -2.18. The predicted molar refractivity (Wildman–Crippen MR) is 68.6 cm³/mol. The number of carbonyl (C=O) groups excluding carboxylic acids is 1. The molecule has 1 atom stereocenters. The van der Waals surface area contributed by atoms with E-state index in [0.29, 0.717) is 18.1 Å². The second-order valence-corrected chi connectivity index (χ2v) is 4.77. The van der Waals surface area contributed by atoms with Crippen molar-refractivity contribution < 1.29 is 19.0 Å². The molecule has 0 saturated heterocycles. The van der Waals surface area contributed by atoms with Gasteiger partial charge in [-0.25, -0.2) is 4.39 Å². The quantitative estimate of drug-likeness (QED) is 0.825. The monoisotopic (exact) mass is 267 g/mol. The van der Waals surface area contributed by atoms with E-state index in [1.165, 1.54) is 19.2 Å². The maximum atomic E-state index is 13.2. The first-order chi connectivity index (χ1) is 9.15. The summed E-state index contributed by atoms with van der Waals surface area (Å²) in [4.78, 5) is 12.2. The van der Waals surface area contributed by atoms with Gasteiger partial charge in [-0.1, -0.05) is 0 Å². The third-order valence-corrected chi connectivity index (χ3v) is 3.35. The Kier molecular flexibility index (Phi) is 4.37. The normalized spacial score (nSPS) is 15.9. The number of halogens is 1. The molecule has 5 heteroatoms. The van der Waals surface area contributed by atoms with Crippen molar-refractivity contribution in [1.82, 2.24) is 5.32 Å². The minimum Gasteiger partial charge on any atom is -0.496 e. The molecule has 1 amide bonds. The molecule has 1 aromatic rings. The molecule has 1 aliphatic carbocycles. The van der Waals surface area contributed by atoms with E-state index in [-0.39, 0.29) is 24.1 Å². The molecule has 1 saturated carbocycles. The fourth-order valence-electron chi connectivity index (χ4n) is 2.17. The van der Waals surface area contributed by atoms with Gasteiger partial charge in [0.2, 0.25) is 0 Å². The summed E-state index contributed by atoms with van der Waals surface area (Å²) in [6, 6.07) is 3.80. The first kappa shape index (κ1) is 13.8. The number of amides is 1. The Bertz CT molecular complexity index is 460. The van der Waals surface area contributed by atoms with E-state index in [2.05, 4.69) is 5.32 Å². The average Bonchev–Trinajstić information content (AvgIpc) is 3.22. The van der Waals surface area contributed by atoms with E-state index in [4.69, 9.17) is 9.84 Å². The minimum atomic E-state index is -0.476. The van der Waals surface area contributed by atoms with Crippen LogP contribution in [0.4, 0.5) is 4.39 Å². The number of hydrogen-bond acceptors (Lipinski definition) is 3. The zero-order valence-corrected chi connectivity index (χ0v) is 10.9. The Labute approximate surface area is 111 Å². The van der Waals surface area contributed by atoms with Crippen molar-refractivity contribution in [2.45, 2.75) is 25.3 Å². The first-order valence-electron chi connectivity index (χ1n) is 6.41. The molecule has 4 nitrogen and oxygen atoms in total. The van der Waals surface area contributed by atoms with E-state index in [1.54, 1.807) is 0 Å². The van der Waals surface area contributed by atoms with E-state index in [1.807, 2.05) is 0 Å². The number of aliphatic hydroxyl groups excluding tert-OH is 1. The van der Waals surface area contributed by atoms with Crippen molar-refractivity contribution in [2.24, 2.45) is 5.92 Å². The van der Waals surface area contributed by atoms with Crippen LogP contribution in [0.5, 0.6) is 5.75 Å². The Hall–Kier alpha value is -1.62. The third kappa shape index (κ3) is 3.44. The molecule has 1 aromatic carbocycles. The molecule has 0 spiro atoms. The van der Waals surface area contributed by atoms with Crippen LogP contribution in [0.1, 0.15) is 29.6 Å². The molecule has 1 unspecified atom stereocenters. The molecular formula is C14H18FNO3. The van der Waals surface area contributed by atoms with Gasteiger partial charge in [-0.05, 0) is 43.4 Å². The van der Waals surface area contributed by atoms with Crippen molar-refractivity contribution in [2.75, 3.05) is 13.7 Å². The minimum absolute atomic E-state index is 0.0295. The summed E-state index contributed by atoms with van der Waals surface area (Å²) in [5.74, 6) is -0.0640. The van der Waals surface area contributed by atoms with E-state index in [9.17, 15) is 9.18 Å². The number of methoxy groups -OCH3 is 1. The summed E-state index contributed by atoms with van der Waals surface area (Å²) in [5.41, 5.74) is 0.186. The van der Waals surface area contributed by atoms with Gasteiger partial charge in [0.1, 0.15) is 11.6 Å². The van der Waals surface area contributed by atoms with Crippen LogP contribution in [-0.2, 0) is 0 Å². The maximum absolute atomic E-state index is 13.2. The van der Waals surface area contributed by atoms with E-state index < -0.39 is 5.82 Å². The molecule has 104 valence electrons.